The van der Waals surface area contributed by atoms with Crippen LogP contribution in [0.5, 0.6) is 0 Å². The molecule has 0 aromatic carbocycles. The van der Waals surface area contributed by atoms with Gasteiger partial charge in [0.1, 0.15) is 5.82 Å². The molecule has 0 fully saturated rings. The van der Waals surface area contributed by atoms with E-state index in [1.165, 1.54) is 0 Å². The lowest BCUT2D eigenvalue weighted by atomic mass is 10.2. The molecule has 2 rings (SSSR count). The van der Waals surface area contributed by atoms with Crippen molar-refractivity contribution in [2.24, 2.45) is 7.05 Å². The first-order chi connectivity index (χ1) is 8.54. The van der Waals surface area contributed by atoms with Gasteiger partial charge in [0.05, 0.1) is 12.1 Å². The van der Waals surface area contributed by atoms with Crippen molar-refractivity contribution in [1.82, 2.24) is 14.5 Å². The van der Waals surface area contributed by atoms with E-state index in [1.807, 2.05) is 43.1 Å². The lowest BCUT2D eigenvalue weighted by Crippen LogP contribution is -2.03. The zero-order chi connectivity index (χ0) is 13.1. The fourth-order valence-corrected chi connectivity index (χ4v) is 1.76. The van der Waals surface area contributed by atoms with Gasteiger partial charge in [-0.05, 0) is 19.1 Å². The molecule has 0 radical (unpaired) electrons. The molecular weight excluding hydrogens is 230 g/mol. The number of rotatable bonds is 4. The summed E-state index contributed by atoms with van der Waals surface area (Å²) in [5.41, 5.74) is 2.70. The van der Waals surface area contributed by atoms with Crippen LogP contribution >= 0.6 is 0 Å². The van der Waals surface area contributed by atoms with Crippen molar-refractivity contribution in [2.75, 3.05) is 0 Å². The zero-order valence-corrected chi connectivity index (χ0v) is 10.4. The van der Waals surface area contributed by atoms with E-state index in [0.29, 0.717) is 12.2 Å². The number of hydrogen-bond acceptors (Lipinski definition) is 3. The smallest absolute Gasteiger partial charge is 0.303 e. The predicted octanol–water partition coefficient (Wildman–Crippen LogP) is 1.81. The number of aliphatic carboxylic acids is 1. The third-order valence-corrected chi connectivity index (χ3v) is 2.59. The monoisotopic (exact) mass is 245 g/mol. The number of aromatic nitrogens is 3. The third-order valence-electron chi connectivity index (χ3n) is 2.59. The quantitative estimate of drug-likeness (QED) is 0.892. The van der Waals surface area contributed by atoms with Gasteiger partial charge in [-0.25, -0.2) is 9.97 Å². The minimum absolute atomic E-state index is 0.0533. The van der Waals surface area contributed by atoms with E-state index in [-0.39, 0.29) is 6.42 Å². The molecule has 0 aliphatic heterocycles. The molecule has 0 aliphatic carbocycles. The van der Waals surface area contributed by atoms with Gasteiger partial charge in [0.15, 0.2) is 0 Å². The number of carboxylic acids is 1. The predicted molar refractivity (Wildman–Crippen MR) is 67.1 cm³/mol. The second kappa shape index (κ2) is 5.00. The van der Waals surface area contributed by atoms with Gasteiger partial charge in [0, 0.05) is 37.1 Å². The average Bonchev–Trinajstić information content (AvgIpc) is 2.72. The summed E-state index contributed by atoms with van der Waals surface area (Å²) >= 11 is 0. The van der Waals surface area contributed by atoms with Gasteiger partial charge in [-0.1, -0.05) is 0 Å². The minimum atomic E-state index is -0.832. The number of carbonyl (C=O) groups is 1. The Morgan fingerprint density at radius 2 is 2.22 bits per heavy atom. The fourth-order valence-electron chi connectivity index (χ4n) is 1.76. The molecular formula is C13H15N3O2. The summed E-state index contributed by atoms with van der Waals surface area (Å²) in [6.45, 7) is 1.89. The Morgan fingerprint density at radius 3 is 2.83 bits per heavy atom. The van der Waals surface area contributed by atoms with Crippen LogP contribution in [0.15, 0.2) is 24.5 Å². The van der Waals surface area contributed by atoms with Gasteiger partial charge in [0.2, 0.25) is 0 Å². The van der Waals surface area contributed by atoms with Crippen LogP contribution in [0.1, 0.15) is 17.9 Å². The van der Waals surface area contributed by atoms with Gasteiger partial charge < -0.3 is 9.67 Å². The van der Waals surface area contributed by atoms with E-state index in [1.54, 1.807) is 0 Å². The summed E-state index contributed by atoms with van der Waals surface area (Å²) < 4.78 is 1.95. The molecule has 0 atom stereocenters. The maximum Gasteiger partial charge on any atom is 0.303 e. The molecule has 2 aromatic rings. The van der Waals surface area contributed by atoms with Crippen molar-refractivity contribution in [3.8, 4) is 11.3 Å². The maximum absolute atomic E-state index is 10.6. The van der Waals surface area contributed by atoms with Crippen molar-refractivity contribution < 1.29 is 9.90 Å². The van der Waals surface area contributed by atoms with Crippen molar-refractivity contribution in [1.29, 1.82) is 0 Å². The molecule has 0 saturated carbocycles. The van der Waals surface area contributed by atoms with Gasteiger partial charge >= 0.3 is 5.97 Å². The number of carboxylic acid groups (broad SMARTS) is 1. The Balaban J connectivity index is 2.29. The van der Waals surface area contributed by atoms with Gasteiger partial charge in [0.25, 0.3) is 0 Å². The van der Waals surface area contributed by atoms with Crippen LogP contribution in [0.3, 0.4) is 0 Å². The largest absolute Gasteiger partial charge is 0.481 e. The molecule has 0 unspecified atom stereocenters. The second-order valence-corrected chi connectivity index (χ2v) is 4.27. The molecule has 2 heterocycles. The molecule has 18 heavy (non-hydrogen) atoms. The summed E-state index contributed by atoms with van der Waals surface area (Å²) in [6.07, 6.45) is 4.33. The highest BCUT2D eigenvalue weighted by molar-refractivity contribution is 5.67. The highest BCUT2D eigenvalue weighted by Crippen LogP contribution is 2.18. The van der Waals surface area contributed by atoms with Crippen LogP contribution in [0.2, 0.25) is 0 Å². The van der Waals surface area contributed by atoms with Crippen LogP contribution in [0, 0.1) is 6.92 Å². The number of aryl methyl sites for hydroxylation is 3. The van der Waals surface area contributed by atoms with E-state index in [4.69, 9.17) is 5.11 Å². The lowest BCUT2D eigenvalue weighted by Gasteiger charge is -2.03. The maximum atomic E-state index is 10.6. The Morgan fingerprint density at radius 1 is 1.44 bits per heavy atom. The number of nitrogens with zero attached hydrogens (tertiary/aromatic N) is 3. The zero-order valence-electron chi connectivity index (χ0n) is 10.4. The molecule has 0 bridgehead atoms. The summed E-state index contributed by atoms with van der Waals surface area (Å²) in [6, 6.07) is 3.88. The van der Waals surface area contributed by atoms with E-state index in [2.05, 4.69) is 9.97 Å². The van der Waals surface area contributed by atoms with Crippen LogP contribution < -0.4 is 0 Å². The van der Waals surface area contributed by atoms with Gasteiger partial charge in [-0.15, -0.1) is 0 Å². The fraction of sp³-hybridized carbons (Fsp3) is 0.308. The van der Waals surface area contributed by atoms with E-state index in [9.17, 15) is 4.79 Å². The molecule has 0 saturated heterocycles. The Labute approximate surface area is 105 Å². The van der Waals surface area contributed by atoms with Gasteiger partial charge in [-0.2, -0.15) is 0 Å². The first-order valence-electron chi connectivity index (χ1n) is 5.73. The summed E-state index contributed by atoms with van der Waals surface area (Å²) in [4.78, 5) is 19.2. The molecule has 94 valence electrons. The minimum Gasteiger partial charge on any atom is -0.481 e. The third kappa shape index (κ3) is 2.94. The molecule has 1 N–H and O–H groups in total. The number of hydrogen-bond donors (Lipinski definition) is 1. The SMILES string of the molecule is Cc1cc(-c2ccn(C)c2)nc(CCC(=O)O)n1. The van der Waals surface area contributed by atoms with Crippen molar-refractivity contribution in [3.63, 3.8) is 0 Å². The molecule has 0 aliphatic rings. The van der Waals surface area contributed by atoms with Crippen LogP contribution in [0.25, 0.3) is 11.3 Å². The van der Waals surface area contributed by atoms with E-state index >= 15 is 0 Å². The molecule has 0 amide bonds. The van der Waals surface area contributed by atoms with Crippen molar-refractivity contribution in [3.05, 3.63) is 36.0 Å². The van der Waals surface area contributed by atoms with E-state index in [0.717, 1.165) is 17.0 Å². The normalized spacial score (nSPS) is 10.6. The Bertz CT molecular complexity index is 575. The highest BCUT2D eigenvalue weighted by Gasteiger charge is 2.07. The molecule has 0 spiro atoms. The highest BCUT2D eigenvalue weighted by atomic mass is 16.4. The van der Waals surface area contributed by atoms with Crippen molar-refractivity contribution in [2.45, 2.75) is 19.8 Å². The summed E-state index contributed by atoms with van der Waals surface area (Å²) in [5, 5.41) is 8.67. The summed E-state index contributed by atoms with van der Waals surface area (Å²) in [7, 11) is 1.95. The van der Waals surface area contributed by atoms with E-state index < -0.39 is 5.97 Å². The van der Waals surface area contributed by atoms with Crippen LogP contribution in [-0.2, 0) is 18.3 Å². The van der Waals surface area contributed by atoms with Gasteiger partial charge in [-0.3, -0.25) is 4.79 Å². The van der Waals surface area contributed by atoms with Crippen LogP contribution in [0.4, 0.5) is 0 Å². The Hall–Kier alpha value is -2.17. The summed E-state index contributed by atoms with van der Waals surface area (Å²) in [5.74, 6) is -0.252. The standard InChI is InChI=1S/C13H15N3O2/c1-9-7-11(10-5-6-16(2)8-10)15-12(14-9)3-4-13(17)18/h5-8H,3-4H2,1-2H3,(H,17,18). The lowest BCUT2D eigenvalue weighted by molar-refractivity contribution is -0.137. The first-order valence-corrected chi connectivity index (χ1v) is 5.73. The topological polar surface area (TPSA) is 68.0 Å². The second-order valence-electron chi connectivity index (χ2n) is 4.27. The van der Waals surface area contributed by atoms with Crippen LogP contribution in [-0.4, -0.2) is 25.6 Å². The Kier molecular flexibility index (Phi) is 3.41. The average molecular weight is 245 g/mol. The molecule has 5 nitrogen and oxygen atoms in total. The van der Waals surface area contributed by atoms with Crippen molar-refractivity contribution >= 4 is 5.97 Å². The first kappa shape index (κ1) is 12.3. The molecule has 2 aromatic heterocycles. The molecule has 5 heteroatoms.